The zero-order chi connectivity index (χ0) is 13.2. The summed E-state index contributed by atoms with van der Waals surface area (Å²) in [6.45, 7) is 3.61. The van der Waals surface area contributed by atoms with Gasteiger partial charge in [-0.2, -0.15) is 0 Å². The highest BCUT2D eigenvalue weighted by molar-refractivity contribution is 6.31. The largest absolute Gasteiger partial charge is 0.335 e. The molecule has 0 fully saturated rings. The molecular weight excluding hydrogens is 264 g/mol. The molecule has 1 rings (SSSR count). The van der Waals surface area contributed by atoms with Gasteiger partial charge in [0.1, 0.15) is 5.82 Å². The number of rotatable bonds is 3. The van der Waals surface area contributed by atoms with Gasteiger partial charge in [0, 0.05) is 18.0 Å². The number of alkyl halides is 1. The van der Waals surface area contributed by atoms with E-state index in [0.717, 1.165) is 0 Å². The van der Waals surface area contributed by atoms with Crippen LogP contribution in [0.15, 0.2) is 18.2 Å². The first kappa shape index (κ1) is 14.3. The van der Waals surface area contributed by atoms with Crippen LogP contribution in [0.1, 0.15) is 24.2 Å². The molecule has 0 unspecified atom stereocenters. The third-order valence-electron chi connectivity index (χ3n) is 2.70. The van der Waals surface area contributed by atoms with Crippen LogP contribution in [-0.2, 0) is 0 Å². The van der Waals surface area contributed by atoms with Gasteiger partial charge in [0.15, 0.2) is 0 Å². The van der Waals surface area contributed by atoms with Crippen LogP contribution in [0.4, 0.5) is 4.39 Å². The van der Waals surface area contributed by atoms with Crippen LogP contribution in [-0.4, -0.2) is 29.3 Å². The first-order valence-corrected chi connectivity index (χ1v) is 6.00. The number of nitrogens with zero attached hydrogens (tertiary/aromatic N) is 1. The SMILES string of the molecule is CN(C(=O)c1cc(Cl)ccc1F)C(C)(C)CCl. The average Bonchev–Trinajstić information content (AvgIpc) is 2.30. The van der Waals surface area contributed by atoms with E-state index in [-0.39, 0.29) is 11.4 Å². The van der Waals surface area contributed by atoms with Gasteiger partial charge in [0.2, 0.25) is 0 Å². The molecule has 0 heterocycles. The van der Waals surface area contributed by atoms with E-state index in [9.17, 15) is 9.18 Å². The standard InChI is InChI=1S/C12H14Cl2FNO/c1-12(2,7-13)16(3)11(17)9-6-8(14)4-5-10(9)15/h4-6H,7H2,1-3H3. The van der Waals surface area contributed by atoms with Crippen molar-refractivity contribution in [3.8, 4) is 0 Å². The molecule has 17 heavy (non-hydrogen) atoms. The third-order valence-corrected chi connectivity index (χ3v) is 3.59. The molecule has 0 aliphatic carbocycles. The highest BCUT2D eigenvalue weighted by atomic mass is 35.5. The van der Waals surface area contributed by atoms with Crippen molar-refractivity contribution in [3.05, 3.63) is 34.6 Å². The van der Waals surface area contributed by atoms with Crippen LogP contribution in [0, 0.1) is 5.82 Å². The number of halogens is 3. The van der Waals surface area contributed by atoms with E-state index >= 15 is 0 Å². The molecule has 1 amide bonds. The zero-order valence-corrected chi connectivity index (χ0v) is 11.4. The maximum Gasteiger partial charge on any atom is 0.257 e. The molecule has 1 aromatic rings. The van der Waals surface area contributed by atoms with Crippen molar-refractivity contribution in [2.45, 2.75) is 19.4 Å². The Balaban J connectivity index is 3.08. The summed E-state index contributed by atoms with van der Waals surface area (Å²) in [6.07, 6.45) is 0. The van der Waals surface area contributed by atoms with Crippen molar-refractivity contribution in [2.24, 2.45) is 0 Å². The molecule has 0 saturated carbocycles. The van der Waals surface area contributed by atoms with Crippen molar-refractivity contribution >= 4 is 29.1 Å². The molecule has 2 nitrogen and oxygen atoms in total. The van der Waals surface area contributed by atoms with Gasteiger partial charge in [-0.3, -0.25) is 4.79 Å². The van der Waals surface area contributed by atoms with Crippen molar-refractivity contribution in [1.29, 1.82) is 0 Å². The lowest BCUT2D eigenvalue weighted by Crippen LogP contribution is -2.46. The average molecular weight is 278 g/mol. The van der Waals surface area contributed by atoms with Gasteiger partial charge in [-0.1, -0.05) is 11.6 Å². The molecule has 0 saturated heterocycles. The number of amides is 1. The monoisotopic (exact) mass is 277 g/mol. The minimum Gasteiger partial charge on any atom is -0.335 e. The fraction of sp³-hybridized carbons (Fsp3) is 0.417. The summed E-state index contributed by atoms with van der Waals surface area (Å²) in [4.78, 5) is 13.5. The van der Waals surface area contributed by atoms with Crippen molar-refractivity contribution in [3.63, 3.8) is 0 Å². The Labute approximate surface area is 110 Å². The number of hydrogen-bond donors (Lipinski definition) is 0. The molecular formula is C12H14Cl2FNO. The maximum atomic E-state index is 13.5. The Bertz CT molecular complexity index is 435. The molecule has 0 atom stereocenters. The highest BCUT2D eigenvalue weighted by Gasteiger charge is 2.28. The topological polar surface area (TPSA) is 20.3 Å². The number of benzene rings is 1. The first-order chi connectivity index (χ1) is 7.79. The van der Waals surface area contributed by atoms with Crippen LogP contribution < -0.4 is 0 Å². The van der Waals surface area contributed by atoms with E-state index in [1.807, 2.05) is 0 Å². The highest BCUT2D eigenvalue weighted by Crippen LogP contribution is 2.21. The second kappa shape index (κ2) is 5.23. The Morgan fingerprint density at radius 1 is 1.47 bits per heavy atom. The summed E-state index contributed by atoms with van der Waals surface area (Å²) < 4.78 is 13.5. The van der Waals surface area contributed by atoms with Crippen LogP contribution >= 0.6 is 23.2 Å². The molecule has 0 bridgehead atoms. The summed E-state index contributed by atoms with van der Waals surface area (Å²) in [5, 5.41) is 0.326. The molecule has 0 N–H and O–H groups in total. The smallest absolute Gasteiger partial charge is 0.257 e. The van der Waals surface area contributed by atoms with Crippen LogP contribution in [0.2, 0.25) is 5.02 Å². The van der Waals surface area contributed by atoms with Gasteiger partial charge >= 0.3 is 0 Å². The van der Waals surface area contributed by atoms with Crippen LogP contribution in [0.3, 0.4) is 0 Å². The Kier molecular flexibility index (Phi) is 4.39. The summed E-state index contributed by atoms with van der Waals surface area (Å²) in [7, 11) is 1.59. The molecule has 94 valence electrons. The van der Waals surface area contributed by atoms with Crippen molar-refractivity contribution < 1.29 is 9.18 Å². The van der Waals surface area contributed by atoms with Crippen LogP contribution in [0.25, 0.3) is 0 Å². The number of hydrogen-bond acceptors (Lipinski definition) is 1. The predicted molar refractivity (Wildman–Crippen MR) is 68.3 cm³/mol. The summed E-state index contributed by atoms with van der Waals surface area (Å²) >= 11 is 11.5. The minimum absolute atomic E-state index is 0.0433. The van der Waals surface area contributed by atoms with E-state index < -0.39 is 17.3 Å². The Morgan fingerprint density at radius 2 is 2.06 bits per heavy atom. The molecule has 0 spiro atoms. The second-order valence-corrected chi connectivity index (χ2v) is 5.14. The van der Waals surface area contributed by atoms with E-state index in [1.165, 1.54) is 23.1 Å². The fourth-order valence-electron chi connectivity index (χ4n) is 1.21. The fourth-order valence-corrected chi connectivity index (χ4v) is 1.56. The summed E-state index contributed by atoms with van der Waals surface area (Å²) in [5.74, 6) is -0.760. The summed E-state index contributed by atoms with van der Waals surface area (Å²) in [5.41, 5.74) is -0.592. The Morgan fingerprint density at radius 3 is 2.59 bits per heavy atom. The van der Waals surface area contributed by atoms with Gasteiger partial charge in [-0.05, 0) is 32.0 Å². The maximum absolute atomic E-state index is 13.5. The Hall–Kier alpha value is -0.800. The van der Waals surface area contributed by atoms with Crippen LogP contribution in [0.5, 0.6) is 0 Å². The first-order valence-electron chi connectivity index (χ1n) is 5.09. The molecule has 5 heteroatoms. The quantitative estimate of drug-likeness (QED) is 0.774. The lowest BCUT2D eigenvalue weighted by atomic mass is 10.0. The van der Waals surface area contributed by atoms with Crippen molar-refractivity contribution in [2.75, 3.05) is 12.9 Å². The number of carbonyl (C=O) groups excluding carboxylic acids is 1. The lowest BCUT2D eigenvalue weighted by Gasteiger charge is -2.34. The van der Waals surface area contributed by atoms with E-state index in [1.54, 1.807) is 20.9 Å². The minimum atomic E-state index is -0.586. The molecule has 0 aliphatic rings. The lowest BCUT2D eigenvalue weighted by molar-refractivity contribution is 0.0655. The van der Waals surface area contributed by atoms with Gasteiger partial charge in [0.05, 0.1) is 11.1 Å². The van der Waals surface area contributed by atoms with Gasteiger partial charge in [0.25, 0.3) is 5.91 Å². The summed E-state index contributed by atoms with van der Waals surface area (Å²) in [6, 6.07) is 3.90. The predicted octanol–water partition coefficient (Wildman–Crippen LogP) is 3.57. The van der Waals surface area contributed by atoms with Crippen molar-refractivity contribution in [1.82, 2.24) is 4.90 Å². The van der Waals surface area contributed by atoms with E-state index in [4.69, 9.17) is 23.2 Å². The van der Waals surface area contributed by atoms with Gasteiger partial charge < -0.3 is 4.90 Å². The van der Waals surface area contributed by atoms with Gasteiger partial charge in [-0.15, -0.1) is 11.6 Å². The second-order valence-electron chi connectivity index (χ2n) is 4.43. The molecule has 0 aromatic heterocycles. The molecule has 0 radical (unpaired) electrons. The molecule has 0 aliphatic heterocycles. The normalized spacial score (nSPS) is 11.4. The zero-order valence-electron chi connectivity index (χ0n) is 9.93. The van der Waals surface area contributed by atoms with E-state index in [0.29, 0.717) is 5.02 Å². The number of carbonyl (C=O) groups is 1. The third kappa shape index (κ3) is 3.11. The molecule has 1 aromatic carbocycles. The van der Waals surface area contributed by atoms with Gasteiger partial charge in [-0.25, -0.2) is 4.39 Å². The van der Waals surface area contributed by atoms with E-state index in [2.05, 4.69) is 0 Å².